The van der Waals surface area contributed by atoms with Gasteiger partial charge < -0.3 is 39.9 Å². The molecule has 5 rings (SSSR count). The Labute approximate surface area is 364 Å². The van der Waals surface area contributed by atoms with Gasteiger partial charge in [-0.2, -0.15) is 10.5 Å². The molecule has 0 saturated carbocycles. The summed E-state index contributed by atoms with van der Waals surface area (Å²) in [5.41, 5.74) is 15.4. The molecule has 5 aromatic carbocycles. The van der Waals surface area contributed by atoms with Crippen LogP contribution in [0.25, 0.3) is 12.2 Å². The van der Waals surface area contributed by atoms with Crippen molar-refractivity contribution in [1.29, 1.82) is 10.5 Å². The number of unbranched alkanes of at least 4 members (excludes halogenated alkanes) is 2. The van der Waals surface area contributed by atoms with Gasteiger partial charge in [0.05, 0.1) is 42.4 Å². The molecule has 320 valence electrons. The van der Waals surface area contributed by atoms with Crippen molar-refractivity contribution < 1.29 is 47.6 Å². The predicted octanol–water partition coefficient (Wildman–Crippen LogP) is 8.25. The minimum absolute atomic E-state index is 0.168. The molecule has 4 N–H and O–H groups in total. The number of carbonyl (C=O) groups excluding carboxylic acids is 4. The number of carbonyl (C=O) groups is 4. The molecular weight excluding hydrogens is 805 g/mol. The molecule has 0 heterocycles. The van der Waals surface area contributed by atoms with Gasteiger partial charge in [0.2, 0.25) is 0 Å². The van der Waals surface area contributed by atoms with Gasteiger partial charge in [0.25, 0.3) is 0 Å². The molecule has 0 aliphatic rings. The topological polar surface area (TPSA) is 223 Å². The maximum Gasteiger partial charge on any atom is 0.343 e. The van der Waals surface area contributed by atoms with Crippen molar-refractivity contribution in [1.82, 2.24) is 0 Å². The molecule has 5 aromatic rings. The van der Waals surface area contributed by atoms with Crippen molar-refractivity contribution in [2.45, 2.75) is 31.6 Å². The van der Waals surface area contributed by atoms with Crippen molar-refractivity contribution in [3.8, 4) is 35.1 Å². The average Bonchev–Trinajstić information content (AvgIpc) is 3.29. The van der Waals surface area contributed by atoms with Crippen molar-refractivity contribution in [3.63, 3.8) is 0 Å². The Bertz CT molecular complexity index is 2320. The summed E-state index contributed by atoms with van der Waals surface area (Å²) in [7, 11) is 0. The number of nitrogen functional groups attached to an aromatic ring is 2. The number of esters is 4. The lowest BCUT2D eigenvalue weighted by molar-refractivity contribution is -0.141. The highest BCUT2D eigenvalue weighted by Crippen LogP contribution is 2.26. The molecular formula is C49H44N4O10. The smallest absolute Gasteiger partial charge is 0.343 e. The predicted molar refractivity (Wildman–Crippen MR) is 234 cm³/mol. The molecule has 0 unspecified atom stereocenters. The van der Waals surface area contributed by atoms with E-state index in [0.29, 0.717) is 101 Å². The van der Waals surface area contributed by atoms with Gasteiger partial charge in [0, 0.05) is 36.4 Å². The summed E-state index contributed by atoms with van der Waals surface area (Å²) < 4.78 is 33.1. The Hall–Kier alpha value is -8.36. The Morgan fingerprint density at radius 3 is 1.37 bits per heavy atom. The van der Waals surface area contributed by atoms with Crippen LogP contribution in [-0.4, -0.2) is 50.3 Å². The quantitative estimate of drug-likeness (QED) is 0.0233. The number of benzene rings is 5. The lowest BCUT2D eigenvalue weighted by Gasteiger charge is -2.19. The third-order valence-electron chi connectivity index (χ3n) is 8.99. The summed E-state index contributed by atoms with van der Waals surface area (Å²) in [5.74, 6) is -1.29. The Kier molecular flexibility index (Phi) is 17.4. The van der Waals surface area contributed by atoms with E-state index in [9.17, 15) is 19.2 Å². The van der Waals surface area contributed by atoms with Crippen molar-refractivity contribution in [2.24, 2.45) is 0 Å². The number of anilines is 2. The van der Waals surface area contributed by atoms with Crippen molar-refractivity contribution in [3.05, 3.63) is 155 Å². The Morgan fingerprint density at radius 1 is 0.556 bits per heavy atom. The number of nitrogens with zero attached hydrogens (tertiary/aromatic N) is 2. The molecule has 63 heavy (non-hydrogen) atoms. The third kappa shape index (κ3) is 15.3. The SMILES string of the molecule is N#CCCCOc1ccc(C(=O)Oc2ccc(C=CC(=O)OCC(COC(=O)C=Cc3ccc(OC(=O)c4ccc(OCCCC#N)cc4)cc3)c3ccc(N)cc3N)cc2)cc1. The normalized spacial score (nSPS) is 11.2. The molecule has 0 atom stereocenters. The molecule has 0 aromatic heterocycles. The van der Waals surface area contributed by atoms with Crippen LogP contribution >= 0.6 is 0 Å². The lowest BCUT2D eigenvalue weighted by atomic mass is 9.98. The van der Waals surface area contributed by atoms with Crippen LogP contribution in [0.5, 0.6) is 23.0 Å². The van der Waals surface area contributed by atoms with E-state index < -0.39 is 29.8 Å². The highest BCUT2D eigenvalue weighted by Gasteiger charge is 2.19. The number of nitriles is 2. The molecule has 0 radical (unpaired) electrons. The van der Waals surface area contributed by atoms with Crippen molar-refractivity contribution in [2.75, 3.05) is 37.9 Å². The van der Waals surface area contributed by atoms with Crippen molar-refractivity contribution >= 4 is 47.4 Å². The zero-order valence-electron chi connectivity index (χ0n) is 34.1. The lowest BCUT2D eigenvalue weighted by Crippen LogP contribution is -2.19. The molecule has 0 spiro atoms. The molecule has 0 aliphatic carbocycles. The van der Waals surface area contributed by atoms with Gasteiger partial charge in [0.15, 0.2) is 0 Å². The van der Waals surface area contributed by atoms with E-state index in [1.807, 2.05) is 0 Å². The maximum absolute atomic E-state index is 12.8. The fourth-order valence-corrected chi connectivity index (χ4v) is 5.67. The zero-order valence-corrected chi connectivity index (χ0v) is 34.1. The monoisotopic (exact) mass is 848 g/mol. The summed E-state index contributed by atoms with van der Waals surface area (Å²) in [6.45, 7) is 0.466. The number of rotatable bonds is 21. The van der Waals surface area contributed by atoms with E-state index in [2.05, 4.69) is 12.1 Å². The van der Waals surface area contributed by atoms with Crippen LogP contribution in [0.1, 0.15) is 69.0 Å². The highest BCUT2D eigenvalue weighted by molar-refractivity contribution is 5.92. The zero-order chi connectivity index (χ0) is 44.8. The first kappa shape index (κ1) is 45.7. The fraction of sp³-hybridized carbons (Fsp3) is 0.184. The minimum Gasteiger partial charge on any atom is -0.494 e. The molecule has 0 aliphatic heterocycles. The molecule has 14 nitrogen and oxygen atoms in total. The second-order valence-corrected chi connectivity index (χ2v) is 13.7. The molecule has 14 heteroatoms. The van der Waals surface area contributed by atoms with Crippen LogP contribution in [0.4, 0.5) is 11.4 Å². The highest BCUT2D eigenvalue weighted by atomic mass is 16.6. The van der Waals surface area contributed by atoms with E-state index in [1.54, 1.807) is 115 Å². The third-order valence-corrected chi connectivity index (χ3v) is 8.99. The van der Waals surface area contributed by atoms with Crippen LogP contribution in [0, 0.1) is 22.7 Å². The number of ether oxygens (including phenoxy) is 6. The number of hydrogen-bond acceptors (Lipinski definition) is 14. The fourth-order valence-electron chi connectivity index (χ4n) is 5.67. The van der Waals surface area contributed by atoms with Gasteiger partial charge >= 0.3 is 23.9 Å². The summed E-state index contributed by atoms with van der Waals surface area (Å²) in [4.78, 5) is 50.8. The summed E-state index contributed by atoms with van der Waals surface area (Å²) in [6.07, 6.45) is 7.58. The average molecular weight is 849 g/mol. The standard InChI is InChI=1S/C49H44N4O10/c50-27-1-3-29-58-40-20-11-36(12-21-40)48(56)62-42-16-5-34(6-17-42)9-25-46(54)60-32-38(44-24-15-39(52)31-45(44)53)33-61-47(55)26-10-35-7-18-43(19-8-35)63-49(57)37-13-22-41(23-14-37)59-30-4-2-28-51/h5-26,31,38H,1-4,29-30,32-33,52-53H2. The second-order valence-electron chi connectivity index (χ2n) is 13.7. The van der Waals surface area contributed by atoms with Gasteiger partial charge in [-0.25, -0.2) is 19.2 Å². The first-order chi connectivity index (χ1) is 30.6. The molecule has 0 bridgehead atoms. The number of hydrogen-bond donors (Lipinski definition) is 2. The molecule has 0 saturated heterocycles. The van der Waals surface area contributed by atoms with Crippen LogP contribution in [0.3, 0.4) is 0 Å². The van der Waals surface area contributed by atoms with Crippen LogP contribution in [-0.2, 0) is 19.1 Å². The van der Waals surface area contributed by atoms with Gasteiger partial charge in [-0.1, -0.05) is 30.3 Å². The Balaban J connectivity index is 1.09. The largest absolute Gasteiger partial charge is 0.494 e. The summed E-state index contributed by atoms with van der Waals surface area (Å²) in [5, 5.41) is 17.3. The number of nitrogens with two attached hydrogens (primary N) is 2. The first-order valence-electron chi connectivity index (χ1n) is 19.8. The van der Waals surface area contributed by atoms with E-state index >= 15 is 0 Å². The van der Waals surface area contributed by atoms with Gasteiger partial charge in [0.1, 0.15) is 36.2 Å². The van der Waals surface area contributed by atoms with E-state index in [-0.39, 0.29) is 13.2 Å². The van der Waals surface area contributed by atoms with E-state index in [1.165, 1.54) is 24.3 Å². The molecule has 0 amide bonds. The Morgan fingerprint density at radius 2 is 0.968 bits per heavy atom. The summed E-state index contributed by atoms with van der Waals surface area (Å²) >= 11 is 0. The maximum atomic E-state index is 12.8. The van der Waals surface area contributed by atoms with Crippen LogP contribution in [0.2, 0.25) is 0 Å². The van der Waals surface area contributed by atoms with Crippen LogP contribution < -0.4 is 30.4 Å². The second kappa shape index (κ2) is 24.0. The summed E-state index contributed by atoms with van der Waals surface area (Å²) in [6, 6.07) is 35.0. The van der Waals surface area contributed by atoms with E-state index in [0.717, 1.165) is 0 Å². The van der Waals surface area contributed by atoms with Gasteiger partial charge in [-0.15, -0.1) is 0 Å². The van der Waals surface area contributed by atoms with E-state index in [4.69, 9.17) is 50.4 Å². The van der Waals surface area contributed by atoms with Crippen LogP contribution in [0.15, 0.2) is 127 Å². The van der Waals surface area contributed by atoms with Gasteiger partial charge in [-0.05, 0) is 127 Å². The van der Waals surface area contributed by atoms with Gasteiger partial charge in [-0.3, -0.25) is 0 Å². The minimum atomic E-state index is -0.658. The first-order valence-corrected chi connectivity index (χ1v) is 19.8. The molecule has 0 fully saturated rings.